The molecule has 0 saturated carbocycles. The van der Waals surface area contributed by atoms with E-state index < -0.39 is 10.0 Å². The number of hydrogen-bond donors (Lipinski definition) is 1. The SMILES string of the molecule is Cc1ccc(S(=O)(=O)N2CCC(C(=O)NCc3nc4ccccc4s3)CC2)cc1. The van der Waals surface area contributed by atoms with Crippen LogP contribution in [0.5, 0.6) is 0 Å². The Morgan fingerprint density at radius 1 is 1.14 bits per heavy atom. The predicted molar refractivity (Wildman–Crippen MR) is 114 cm³/mol. The van der Waals surface area contributed by atoms with E-state index in [9.17, 15) is 13.2 Å². The van der Waals surface area contributed by atoms with Crippen LogP contribution >= 0.6 is 11.3 Å². The van der Waals surface area contributed by atoms with Crippen LogP contribution in [0.2, 0.25) is 0 Å². The summed E-state index contributed by atoms with van der Waals surface area (Å²) in [5, 5.41) is 3.84. The van der Waals surface area contributed by atoms with Crippen LogP contribution in [-0.4, -0.2) is 36.7 Å². The van der Waals surface area contributed by atoms with Crippen LogP contribution in [0, 0.1) is 12.8 Å². The Morgan fingerprint density at radius 2 is 1.83 bits per heavy atom. The van der Waals surface area contributed by atoms with Gasteiger partial charge in [-0.3, -0.25) is 4.79 Å². The number of carbonyl (C=O) groups excluding carboxylic acids is 1. The zero-order valence-corrected chi connectivity index (χ0v) is 17.8. The van der Waals surface area contributed by atoms with Gasteiger partial charge in [-0.25, -0.2) is 13.4 Å². The number of rotatable bonds is 5. The third kappa shape index (κ3) is 4.34. The summed E-state index contributed by atoms with van der Waals surface area (Å²) in [6, 6.07) is 14.8. The van der Waals surface area contributed by atoms with Crippen molar-refractivity contribution >= 4 is 37.5 Å². The number of fused-ring (bicyclic) bond motifs is 1. The second-order valence-electron chi connectivity index (χ2n) is 7.28. The Hall–Kier alpha value is -2.29. The van der Waals surface area contributed by atoms with Crippen LogP contribution in [0.1, 0.15) is 23.4 Å². The molecule has 8 heteroatoms. The maximum absolute atomic E-state index is 12.8. The maximum atomic E-state index is 12.8. The Kier molecular flexibility index (Phi) is 5.67. The van der Waals surface area contributed by atoms with E-state index >= 15 is 0 Å². The Balaban J connectivity index is 1.32. The molecule has 0 radical (unpaired) electrons. The largest absolute Gasteiger partial charge is 0.349 e. The van der Waals surface area contributed by atoms with Crippen LogP contribution < -0.4 is 5.32 Å². The van der Waals surface area contributed by atoms with Gasteiger partial charge >= 0.3 is 0 Å². The molecule has 1 amide bonds. The molecule has 0 spiro atoms. The van der Waals surface area contributed by atoms with Gasteiger partial charge in [0, 0.05) is 19.0 Å². The van der Waals surface area contributed by atoms with E-state index in [-0.39, 0.29) is 11.8 Å². The highest BCUT2D eigenvalue weighted by atomic mass is 32.2. The van der Waals surface area contributed by atoms with Crippen molar-refractivity contribution in [2.24, 2.45) is 5.92 Å². The number of carbonyl (C=O) groups is 1. The minimum absolute atomic E-state index is 0.0309. The molecule has 152 valence electrons. The number of thiazole rings is 1. The molecular weight excluding hydrogens is 406 g/mol. The van der Waals surface area contributed by atoms with Crippen molar-refractivity contribution in [1.29, 1.82) is 0 Å². The van der Waals surface area contributed by atoms with Gasteiger partial charge in [0.15, 0.2) is 0 Å². The Labute approximate surface area is 174 Å². The summed E-state index contributed by atoms with van der Waals surface area (Å²) in [5.41, 5.74) is 1.96. The highest BCUT2D eigenvalue weighted by Crippen LogP contribution is 2.25. The second-order valence-corrected chi connectivity index (χ2v) is 10.3. The molecule has 1 aliphatic heterocycles. The topological polar surface area (TPSA) is 79.4 Å². The Morgan fingerprint density at radius 3 is 2.52 bits per heavy atom. The summed E-state index contributed by atoms with van der Waals surface area (Å²) in [7, 11) is -3.50. The average molecular weight is 430 g/mol. The summed E-state index contributed by atoms with van der Waals surface area (Å²) in [5.74, 6) is -0.203. The fourth-order valence-electron chi connectivity index (χ4n) is 3.52. The lowest BCUT2D eigenvalue weighted by molar-refractivity contribution is -0.126. The number of aryl methyl sites for hydroxylation is 1. The minimum atomic E-state index is -3.50. The van der Waals surface area contributed by atoms with Gasteiger partial charge < -0.3 is 5.32 Å². The first kappa shape index (κ1) is 20.0. The highest BCUT2D eigenvalue weighted by Gasteiger charge is 2.32. The molecule has 6 nitrogen and oxygen atoms in total. The van der Waals surface area contributed by atoms with Crippen LogP contribution in [0.15, 0.2) is 53.4 Å². The van der Waals surface area contributed by atoms with Gasteiger partial charge in [0.05, 0.1) is 21.7 Å². The van der Waals surface area contributed by atoms with Gasteiger partial charge in [0.25, 0.3) is 0 Å². The monoisotopic (exact) mass is 429 g/mol. The lowest BCUT2D eigenvalue weighted by atomic mass is 9.97. The lowest BCUT2D eigenvalue weighted by Crippen LogP contribution is -2.42. The van der Waals surface area contributed by atoms with E-state index in [4.69, 9.17) is 0 Å². The minimum Gasteiger partial charge on any atom is -0.349 e. The quantitative estimate of drug-likeness (QED) is 0.675. The molecular formula is C21H23N3O3S2. The lowest BCUT2D eigenvalue weighted by Gasteiger charge is -2.30. The molecule has 0 unspecified atom stereocenters. The van der Waals surface area contributed by atoms with E-state index in [2.05, 4.69) is 10.3 Å². The molecule has 1 aliphatic rings. The van der Waals surface area contributed by atoms with E-state index in [1.54, 1.807) is 35.6 Å². The molecule has 1 fully saturated rings. The van der Waals surface area contributed by atoms with Gasteiger partial charge in [-0.2, -0.15) is 4.31 Å². The first-order chi connectivity index (χ1) is 13.9. The Bertz CT molecular complexity index is 1080. The molecule has 1 aromatic heterocycles. The number of aromatic nitrogens is 1. The van der Waals surface area contributed by atoms with Crippen molar-refractivity contribution in [1.82, 2.24) is 14.6 Å². The molecule has 29 heavy (non-hydrogen) atoms. The molecule has 2 heterocycles. The number of sulfonamides is 1. The molecule has 0 aliphatic carbocycles. The number of benzene rings is 2. The smallest absolute Gasteiger partial charge is 0.243 e. The number of amides is 1. The van der Waals surface area contributed by atoms with Gasteiger partial charge in [-0.05, 0) is 44.0 Å². The first-order valence-electron chi connectivity index (χ1n) is 9.62. The van der Waals surface area contributed by atoms with Crippen molar-refractivity contribution < 1.29 is 13.2 Å². The van der Waals surface area contributed by atoms with E-state index in [0.717, 1.165) is 20.8 Å². The van der Waals surface area contributed by atoms with Gasteiger partial charge in [-0.15, -0.1) is 11.3 Å². The molecule has 0 bridgehead atoms. The standard InChI is InChI=1S/C21H23N3O3S2/c1-15-6-8-17(9-7-15)29(26,27)24-12-10-16(11-13-24)21(25)22-14-20-23-18-4-2-3-5-19(18)28-20/h2-9,16H,10-14H2,1H3,(H,22,25). The molecule has 2 aromatic carbocycles. The molecule has 1 N–H and O–H groups in total. The molecule has 0 atom stereocenters. The fraction of sp³-hybridized carbons (Fsp3) is 0.333. The van der Waals surface area contributed by atoms with Crippen LogP contribution in [0.4, 0.5) is 0 Å². The molecule has 3 aromatic rings. The third-order valence-corrected chi connectivity index (χ3v) is 8.18. The summed E-state index contributed by atoms with van der Waals surface area (Å²) in [4.78, 5) is 17.4. The van der Waals surface area contributed by atoms with E-state index in [0.29, 0.717) is 37.4 Å². The van der Waals surface area contributed by atoms with Gasteiger partial charge in [0.1, 0.15) is 5.01 Å². The molecule has 4 rings (SSSR count). The van der Waals surface area contributed by atoms with E-state index in [1.807, 2.05) is 31.2 Å². The zero-order valence-electron chi connectivity index (χ0n) is 16.2. The number of nitrogens with zero attached hydrogens (tertiary/aromatic N) is 2. The first-order valence-corrected chi connectivity index (χ1v) is 11.9. The van der Waals surface area contributed by atoms with Crippen LogP contribution in [0.3, 0.4) is 0 Å². The maximum Gasteiger partial charge on any atom is 0.243 e. The zero-order chi connectivity index (χ0) is 20.4. The van der Waals surface area contributed by atoms with Crippen LogP contribution in [0.25, 0.3) is 10.2 Å². The van der Waals surface area contributed by atoms with Gasteiger partial charge in [0.2, 0.25) is 15.9 Å². The second kappa shape index (κ2) is 8.22. The van der Waals surface area contributed by atoms with Crippen molar-refractivity contribution in [3.8, 4) is 0 Å². The van der Waals surface area contributed by atoms with Crippen molar-refractivity contribution in [2.75, 3.05) is 13.1 Å². The van der Waals surface area contributed by atoms with Crippen molar-refractivity contribution in [2.45, 2.75) is 31.2 Å². The van der Waals surface area contributed by atoms with Gasteiger partial charge in [-0.1, -0.05) is 29.8 Å². The summed E-state index contributed by atoms with van der Waals surface area (Å²) >= 11 is 1.57. The third-order valence-electron chi connectivity index (χ3n) is 5.24. The predicted octanol–water partition coefficient (Wildman–Crippen LogP) is 3.32. The highest BCUT2D eigenvalue weighted by molar-refractivity contribution is 7.89. The number of piperidine rings is 1. The average Bonchev–Trinajstić information content (AvgIpc) is 3.15. The summed E-state index contributed by atoms with van der Waals surface area (Å²) < 4.78 is 28.2. The number of hydrogen-bond acceptors (Lipinski definition) is 5. The van der Waals surface area contributed by atoms with Crippen molar-refractivity contribution in [3.05, 3.63) is 59.1 Å². The molecule has 1 saturated heterocycles. The normalized spacial score (nSPS) is 16.2. The summed E-state index contributed by atoms with van der Waals surface area (Å²) in [6.07, 6.45) is 1.05. The van der Waals surface area contributed by atoms with E-state index in [1.165, 1.54) is 4.31 Å². The van der Waals surface area contributed by atoms with Crippen LogP contribution in [-0.2, 0) is 21.4 Å². The summed E-state index contributed by atoms with van der Waals surface area (Å²) in [6.45, 7) is 3.04. The van der Waals surface area contributed by atoms with Crippen molar-refractivity contribution in [3.63, 3.8) is 0 Å². The fourth-order valence-corrected chi connectivity index (χ4v) is 5.90. The number of nitrogens with one attached hydrogen (secondary N) is 1. The number of para-hydroxylation sites is 1.